The van der Waals surface area contributed by atoms with E-state index in [4.69, 9.17) is 0 Å². The van der Waals surface area contributed by atoms with Crippen molar-refractivity contribution in [3.8, 4) is 0 Å². The molecule has 3 heterocycles. The van der Waals surface area contributed by atoms with Gasteiger partial charge in [0.25, 0.3) is 0 Å². The Labute approximate surface area is 87.7 Å². The van der Waals surface area contributed by atoms with Crippen LogP contribution in [0.25, 0.3) is 11.0 Å². The molecule has 2 aromatic rings. The Bertz CT molecular complexity index is 477. The van der Waals surface area contributed by atoms with Crippen LogP contribution in [0.2, 0.25) is 0 Å². The molecule has 1 fully saturated rings. The van der Waals surface area contributed by atoms with Gasteiger partial charge in [-0.3, -0.25) is 4.98 Å². The molecule has 1 saturated heterocycles. The number of aromatic nitrogens is 4. The molecule has 1 atom stereocenters. The Morgan fingerprint density at radius 1 is 1.47 bits per heavy atom. The van der Waals surface area contributed by atoms with Gasteiger partial charge < -0.3 is 4.90 Å². The summed E-state index contributed by atoms with van der Waals surface area (Å²) >= 11 is 0. The topological polar surface area (TPSA) is 46.8 Å². The van der Waals surface area contributed by atoms with Crippen LogP contribution in [0.1, 0.15) is 12.5 Å². The molecule has 0 saturated carbocycles. The lowest BCUT2D eigenvalue weighted by atomic mass is 10.2. The van der Waals surface area contributed by atoms with E-state index < -0.39 is 0 Å². The standard InChI is InChI=1S/C10H13N5/c1-14-5-3-8(7-14)15-10-2-4-11-6-9(10)12-13-15/h2,4,6,8H,3,5,7H2,1H3. The Balaban J connectivity index is 2.04. The van der Waals surface area contributed by atoms with Gasteiger partial charge in [0, 0.05) is 19.3 Å². The van der Waals surface area contributed by atoms with Crippen LogP contribution in [0, 0.1) is 0 Å². The predicted molar refractivity (Wildman–Crippen MR) is 56.5 cm³/mol. The zero-order chi connectivity index (χ0) is 10.3. The third-order valence-electron chi connectivity index (χ3n) is 2.99. The molecule has 5 heteroatoms. The minimum Gasteiger partial charge on any atom is -0.304 e. The van der Waals surface area contributed by atoms with Gasteiger partial charge in [-0.05, 0) is 19.5 Å². The Morgan fingerprint density at radius 2 is 2.40 bits per heavy atom. The second-order valence-electron chi connectivity index (χ2n) is 4.10. The maximum Gasteiger partial charge on any atom is 0.131 e. The quantitative estimate of drug-likeness (QED) is 0.684. The first-order valence-electron chi connectivity index (χ1n) is 5.18. The van der Waals surface area contributed by atoms with E-state index >= 15 is 0 Å². The van der Waals surface area contributed by atoms with E-state index in [1.165, 1.54) is 0 Å². The molecule has 0 aromatic carbocycles. The highest BCUT2D eigenvalue weighted by molar-refractivity contribution is 5.72. The summed E-state index contributed by atoms with van der Waals surface area (Å²) in [7, 11) is 2.14. The maximum absolute atomic E-state index is 4.21. The smallest absolute Gasteiger partial charge is 0.131 e. The second kappa shape index (κ2) is 3.27. The highest BCUT2D eigenvalue weighted by atomic mass is 15.4. The van der Waals surface area contributed by atoms with Crippen LogP contribution in [-0.4, -0.2) is 45.0 Å². The average molecular weight is 203 g/mol. The van der Waals surface area contributed by atoms with E-state index in [0.717, 1.165) is 30.5 Å². The van der Waals surface area contributed by atoms with Crippen molar-refractivity contribution < 1.29 is 0 Å². The van der Waals surface area contributed by atoms with Crippen molar-refractivity contribution in [2.45, 2.75) is 12.5 Å². The molecule has 0 amide bonds. The van der Waals surface area contributed by atoms with Crippen LogP contribution in [0.5, 0.6) is 0 Å². The van der Waals surface area contributed by atoms with Crippen LogP contribution >= 0.6 is 0 Å². The average Bonchev–Trinajstić information content (AvgIpc) is 2.83. The SMILES string of the molecule is CN1CCC(n2nnc3cnccc32)C1. The van der Waals surface area contributed by atoms with Crippen molar-refractivity contribution in [1.82, 2.24) is 24.9 Å². The van der Waals surface area contributed by atoms with Gasteiger partial charge in [-0.1, -0.05) is 5.21 Å². The zero-order valence-electron chi connectivity index (χ0n) is 8.67. The molecule has 15 heavy (non-hydrogen) atoms. The summed E-state index contributed by atoms with van der Waals surface area (Å²) in [5, 5.41) is 8.33. The molecule has 5 nitrogen and oxygen atoms in total. The highest BCUT2D eigenvalue weighted by Gasteiger charge is 2.23. The fraction of sp³-hybridized carbons (Fsp3) is 0.500. The second-order valence-corrected chi connectivity index (χ2v) is 4.10. The molecule has 1 aliphatic rings. The molecule has 0 aliphatic carbocycles. The number of likely N-dealkylation sites (N-methyl/N-ethyl adjacent to an activating group) is 1. The summed E-state index contributed by atoms with van der Waals surface area (Å²) in [6.07, 6.45) is 4.70. The van der Waals surface area contributed by atoms with Crippen LogP contribution < -0.4 is 0 Å². The molecule has 1 unspecified atom stereocenters. The van der Waals surface area contributed by atoms with Crippen molar-refractivity contribution >= 4 is 11.0 Å². The number of likely N-dealkylation sites (tertiary alicyclic amines) is 1. The Hall–Kier alpha value is -1.49. The normalized spacial score (nSPS) is 22.6. The van der Waals surface area contributed by atoms with E-state index in [1.807, 2.05) is 10.7 Å². The number of hydrogen-bond donors (Lipinski definition) is 0. The first-order chi connectivity index (χ1) is 7.34. The molecule has 78 valence electrons. The molecular weight excluding hydrogens is 190 g/mol. The molecule has 0 N–H and O–H groups in total. The van der Waals surface area contributed by atoms with E-state index in [1.54, 1.807) is 12.4 Å². The van der Waals surface area contributed by atoms with E-state index in [-0.39, 0.29) is 0 Å². The lowest BCUT2D eigenvalue weighted by Crippen LogP contribution is -2.17. The minimum absolute atomic E-state index is 0.461. The first kappa shape index (κ1) is 8.79. The summed E-state index contributed by atoms with van der Waals surface area (Å²) < 4.78 is 2.03. The number of rotatable bonds is 1. The summed E-state index contributed by atoms with van der Waals surface area (Å²) in [5.41, 5.74) is 1.97. The van der Waals surface area contributed by atoms with Gasteiger partial charge in [-0.2, -0.15) is 0 Å². The van der Waals surface area contributed by atoms with Gasteiger partial charge in [0.2, 0.25) is 0 Å². The molecular formula is C10H13N5. The third kappa shape index (κ3) is 1.39. The lowest BCUT2D eigenvalue weighted by Gasteiger charge is -2.10. The van der Waals surface area contributed by atoms with Crippen LogP contribution in [0.15, 0.2) is 18.5 Å². The number of pyridine rings is 1. The van der Waals surface area contributed by atoms with Crippen molar-refractivity contribution in [3.05, 3.63) is 18.5 Å². The molecule has 1 aliphatic heterocycles. The maximum atomic E-state index is 4.21. The van der Waals surface area contributed by atoms with Crippen LogP contribution in [0.4, 0.5) is 0 Å². The summed E-state index contributed by atoms with van der Waals surface area (Å²) in [6, 6.07) is 2.44. The number of fused-ring (bicyclic) bond motifs is 1. The Kier molecular flexibility index (Phi) is 1.92. The monoisotopic (exact) mass is 203 g/mol. The van der Waals surface area contributed by atoms with Crippen molar-refractivity contribution in [2.75, 3.05) is 20.1 Å². The summed E-state index contributed by atoms with van der Waals surface area (Å²) in [4.78, 5) is 6.36. The largest absolute Gasteiger partial charge is 0.304 e. The van der Waals surface area contributed by atoms with Gasteiger partial charge in [0.05, 0.1) is 17.8 Å². The molecule has 0 bridgehead atoms. The third-order valence-corrected chi connectivity index (χ3v) is 2.99. The zero-order valence-corrected chi connectivity index (χ0v) is 8.67. The fourth-order valence-electron chi connectivity index (χ4n) is 2.18. The van der Waals surface area contributed by atoms with E-state index in [2.05, 4.69) is 27.2 Å². The first-order valence-corrected chi connectivity index (χ1v) is 5.18. The van der Waals surface area contributed by atoms with Crippen molar-refractivity contribution in [1.29, 1.82) is 0 Å². The number of nitrogens with zero attached hydrogens (tertiary/aromatic N) is 5. The lowest BCUT2D eigenvalue weighted by molar-refractivity contribution is 0.383. The van der Waals surface area contributed by atoms with Crippen LogP contribution in [-0.2, 0) is 0 Å². The molecule has 0 radical (unpaired) electrons. The van der Waals surface area contributed by atoms with Gasteiger partial charge in [0.1, 0.15) is 5.52 Å². The number of hydrogen-bond acceptors (Lipinski definition) is 4. The fourth-order valence-corrected chi connectivity index (χ4v) is 2.18. The van der Waals surface area contributed by atoms with Gasteiger partial charge in [0.15, 0.2) is 0 Å². The molecule has 3 rings (SSSR count). The highest BCUT2D eigenvalue weighted by Crippen LogP contribution is 2.22. The Morgan fingerprint density at radius 3 is 3.20 bits per heavy atom. The minimum atomic E-state index is 0.461. The molecule has 0 spiro atoms. The van der Waals surface area contributed by atoms with Gasteiger partial charge in [-0.15, -0.1) is 5.10 Å². The predicted octanol–water partition coefficient (Wildman–Crippen LogP) is 0.703. The molecule has 2 aromatic heterocycles. The van der Waals surface area contributed by atoms with Crippen molar-refractivity contribution in [2.24, 2.45) is 0 Å². The van der Waals surface area contributed by atoms with Crippen LogP contribution in [0.3, 0.4) is 0 Å². The summed E-state index contributed by atoms with van der Waals surface area (Å²) in [6.45, 7) is 2.19. The summed E-state index contributed by atoms with van der Waals surface area (Å²) in [5.74, 6) is 0. The van der Waals surface area contributed by atoms with Crippen molar-refractivity contribution in [3.63, 3.8) is 0 Å². The van der Waals surface area contributed by atoms with Gasteiger partial charge in [-0.25, -0.2) is 4.68 Å². The van der Waals surface area contributed by atoms with E-state index in [9.17, 15) is 0 Å². The van der Waals surface area contributed by atoms with Gasteiger partial charge >= 0.3 is 0 Å². The van der Waals surface area contributed by atoms with E-state index in [0.29, 0.717) is 6.04 Å².